The molecule has 5 aromatic rings. The molecule has 0 bridgehead atoms. The third kappa shape index (κ3) is 10.6. The molecule has 21 heteroatoms. The number of ether oxygens (including phenoxy) is 1. The smallest absolute Gasteiger partial charge is 0.413 e. The number of para-hydroxylation sites is 1. The number of aromatic nitrogens is 4. The first-order valence-electron chi connectivity index (χ1n) is 19.5. The van der Waals surface area contributed by atoms with E-state index >= 15 is 0 Å². The molecule has 0 saturated carbocycles. The first-order chi connectivity index (χ1) is 29.1. The molecule has 4 heterocycles. The van der Waals surface area contributed by atoms with Crippen LogP contribution in [0.4, 0.5) is 21.1 Å². The van der Waals surface area contributed by atoms with Gasteiger partial charge in [0.1, 0.15) is 33.2 Å². The minimum atomic E-state index is -1.10. The maximum Gasteiger partial charge on any atom is 0.413 e. The van der Waals surface area contributed by atoms with Gasteiger partial charge >= 0.3 is 12.1 Å². The number of urea groups is 1. The van der Waals surface area contributed by atoms with E-state index in [0.29, 0.717) is 22.6 Å². The summed E-state index contributed by atoms with van der Waals surface area (Å²) < 4.78 is 8.89. The van der Waals surface area contributed by atoms with Crippen LogP contribution in [0.15, 0.2) is 67.1 Å². The van der Waals surface area contributed by atoms with Crippen molar-refractivity contribution in [2.75, 3.05) is 17.2 Å². The lowest BCUT2D eigenvalue weighted by Gasteiger charge is -2.26. The Bertz CT molecular complexity index is 2570. The lowest BCUT2D eigenvalue weighted by Crippen LogP contribution is -2.55. The number of amides is 6. The van der Waals surface area contributed by atoms with E-state index in [-0.39, 0.29) is 48.0 Å². The topological polar surface area (TPSA) is 251 Å². The van der Waals surface area contributed by atoms with Gasteiger partial charge in [0, 0.05) is 17.6 Å². The number of primary amides is 1. The molecule has 6 rings (SSSR count). The van der Waals surface area contributed by atoms with Gasteiger partial charge in [0.25, 0.3) is 11.1 Å². The molecule has 3 aromatic heterocycles. The van der Waals surface area contributed by atoms with E-state index in [1.54, 1.807) is 49.4 Å². The predicted octanol–water partition coefficient (Wildman–Crippen LogP) is 4.74. The van der Waals surface area contributed by atoms with Crippen LogP contribution in [-0.4, -0.2) is 67.8 Å². The number of anilines is 2. The molecule has 2 aromatic carbocycles. The highest BCUT2D eigenvalue weighted by Gasteiger charge is 2.35. The summed E-state index contributed by atoms with van der Waals surface area (Å²) in [4.78, 5) is 99.9. The van der Waals surface area contributed by atoms with Crippen molar-refractivity contribution < 1.29 is 28.7 Å². The molecule has 0 unspecified atom stereocenters. The minimum Gasteiger partial charge on any atom is -0.444 e. The molecule has 6 amide bonds. The second-order valence-electron chi connectivity index (χ2n) is 14.7. The van der Waals surface area contributed by atoms with Crippen molar-refractivity contribution in [1.29, 1.82) is 0 Å². The second kappa shape index (κ2) is 19.8. The van der Waals surface area contributed by atoms with E-state index in [1.807, 2.05) is 24.3 Å². The van der Waals surface area contributed by atoms with Crippen molar-refractivity contribution >= 4 is 106 Å². The summed E-state index contributed by atoms with van der Waals surface area (Å²) in [7, 11) is 0. The highest BCUT2D eigenvalue weighted by Crippen LogP contribution is 2.34. The molecule has 322 valence electrons. The number of nitrogens with one attached hydrogen (secondary N) is 5. The SMILES string of the molecule is CCCc1nc2c(NC(=O)OCc3ccc(NC(=O)[C@H](CCCNC(N)=O)NC(=O)[C@@H](NC(=O)C4Cn5c(=O)c(Br)c(Br)c(=O)n5C4)C(C)C)cc3)nc3ccccc3c2s1. The van der Waals surface area contributed by atoms with Crippen LogP contribution in [0.25, 0.3) is 21.1 Å². The average molecular weight is 985 g/mol. The monoisotopic (exact) mass is 982 g/mol. The summed E-state index contributed by atoms with van der Waals surface area (Å²) in [5.74, 6) is -2.69. The van der Waals surface area contributed by atoms with E-state index in [4.69, 9.17) is 15.5 Å². The molecule has 1 aliphatic heterocycles. The fourth-order valence-electron chi connectivity index (χ4n) is 6.74. The second-order valence-corrected chi connectivity index (χ2v) is 17.4. The molecule has 0 radical (unpaired) electrons. The third-order valence-corrected chi connectivity index (χ3v) is 13.0. The van der Waals surface area contributed by atoms with Crippen LogP contribution in [0.3, 0.4) is 0 Å². The van der Waals surface area contributed by atoms with Gasteiger partial charge < -0.3 is 31.7 Å². The maximum absolute atomic E-state index is 13.7. The van der Waals surface area contributed by atoms with Gasteiger partial charge in [0.05, 0.1) is 34.2 Å². The number of halogens is 2. The van der Waals surface area contributed by atoms with Gasteiger partial charge in [-0.15, -0.1) is 11.3 Å². The molecule has 7 N–H and O–H groups in total. The Morgan fingerprint density at radius 1 is 0.918 bits per heavy atom. The molecule has 0 saturated heterocycles. The van der Waals surface area contributed by atoms with Crippen LogP contribution in [0.5, 0.6) is 0 Å². The van der Waals surface area contributed by atoms with Crippen molar-refractivity contribution in [3.8, 4) is 0 Å². The molecule has 1 aliphatic rings. The first kappa shape index (κ1) is 44.9. The highest BCUT2D eigenvalue weighted by molar-refractivity contribution is 9.13. The lowest BCUT2D eigenvalue weighted by molar-refractivity contribution is -0.133. The van der Waals surface area contributed by atoms with Crippen LogP contribution >= 0.6 is 43.2 Å². The third-order valence-electron chi connectivity index (χ3n) is 9.89. The standard InChI is InChI=1S/C40H44Br2N10O8S/c1-4-8-27-48-31-32(61-27)24-9-5-6-10-25(24)46-33(31)50-40(59)60-19-21-12-14-23(15-13-21)45-35(54)26(11-7-16-44-39(43)58)47-36(55)30(20(2)3)49-34(53)22-17-51-37(56)28(41)29(42)38(57)52(51)18-22/h5-6,9-10,12-15,20,22,26,30H,4,7-8,11,16-19H2,1-3H3,(H,45,54)(H,47,55)(H,49,53)(H3,43,44,58)(H,46,50,59)/t26-,30-/m0/s1. The van der Waals surface area contributed by atoms with Crippen molar-refractivity contribution in [3.63, 3.8) is 0 Å². The fourth-order valence-corrected chi connectivity index (χ4v) is 8.69. The van der Waals surface area contributed by atoms with E-state index < -0.39 is 64.9 Å². The summed E-state index contributed by atoms with van der Waals surface area (Å²) in [6.45, 7) is 5.43. The van der Waals surface area contributed by atoms with Gasteiger partial charge in [0.2, 0.25) is 17.7 Å². The number of nitrogens with zero attached hydrogens (tertiary/aromatic N) is 4. The molecular formula is C40H44Br2N10O8S. The normalized spacial score (nSPS) is 13.4. The number of rotatable bonds is 16. The quantitative estimate of drug-likeness (QED) is 0.0742. The van der Waals surface area contributed by atoms with Crippen LogP contribution in [0.1, 0.15) is 50.6 Å². The van der Waals surface area contributed by atoms with Crippen molar-refractivity contribution in [2.45, 2.75) is 78.2 Å². The molecule has 18 nitrogen and oxygen atoms in total. The van der Waals surface area contributed by atoms with Crippen LogP contribution in [0, 0.1) is 11.8 Å². The Labute approximate surface area is 369 Å². The number of nitrogens with two attached hydrogens (primary N) is 1. The Balaban J connectivity index is 1.07. The number of hydrogen-bond acceptors (Lipinski definition) is 11. The van der Waals surface area contributed by atoms with Gasteiger partial charge in [-0.1, -0.05) is 51.1 Å². The maximum atomic E-state index is 13.7. The van der Waals surface area contributed by atoms with E-state index in [1.165, 1.54) is 9.36 Å². The number of benzene rings is 2. The summed E-state index contributed by atoms with van der Waals surface area (Å²) in [6.07, 6.45) is 1.40. The van der Waals surface area contributed by atoms with E-state index in [9.17, 15) is 33.6 Å². The van der Waals surface area contributed by atoms with Crippen molar-refractivity contribution in [2.24, 2.45) is 17.6 Å². The Morgan fingerprint density at radius 3 is 2.23 bits per heavy atom. The summed E-state index contributed by atoms with van der Waals surface area (Å²) in [5.41, 5.74) is 6.56. The molecule has 2 atom stereocenters. The Morgan fingerprint density at radius 2 is 1.59 bits per heavy atom. The van der Waals surface area contributed by atoms with Crippen molar-refractivity contribution in [3.05, 3.63) is 88.8 Å². The molecular weight excluding hydrogens is 940 g/mol. The number of aryl methyl sites for hydroxylation is 1. The van der Waals surface area contributed by atoms with E-state index in [0.717, 1.165) is 33.5 Å². The molecule has 61 heavy (non-hydrogen) atoms. The summed E-state index contributed by atoms with van der Waals surface area (Å²) in [5, 5.41) is 15.4. The zero-order valence-electron chi connectivity index (χ0n) is 33.4. The van der Waals surface area contributed by atoms with Gasteiger partial charge in [-0.25, -0.2) is 28.9 Å². The molecule has 0 spiro atoms. The number of thiazole rings is 1. The number of carbonyl (C=O) groups excluding carboxylic acids is 5. The summed E-state index contributed by atoms with van der Waals surface area (Å²) in [6, 6.07) is 11.3. The lowest BCUT2D eigenvalue weighted by atomic mass is 10.0. The number of pyridine rings is 1. The average Bonchev–Trinajstić information content (AvgIpc) is 3.88. The fraction of sp³-hybridized carbons (Fsp3) is 0.375. The zero-order valence-corrected chi connectivity index (χ0v) is 37.4. The van der Waals surface area contributed by atoms with Gasteiger partial charge in [0.15, 0.2) is 5.82 Å². The largest absolute Gasteiger partial charge is 0.444 e. The predicted molar refractivity (Wildman–Crippen MR) is 237 cm³/mol. The van der Waals surface area contributed by atoms with Gasteiger partial charge in [-0.3, -0.25) is 29.3 Å². The van der Waals surface area contributed by atoms with Gasteiger partial charge in [-0.2, -0.15) is 0 Å². The zero-order chi connectivity index (χ0) is 44.0. The van der Waals surface area contributed by atoms with Crippen LogP contribution in [0.2, 0.25) is 0 Å². The van der Waals surface area contributed by atoms with E-state index in [2.05, 4.69) is 70.4 Å². The number of carbonyl (C=O) groups is 5. The van der Waals surface area contributed by atoms with Crippen LogP contribution < -0.4 is 43.4 Å². The minimum absolute atomic E-state index is 0.0451. The molecule has 0 aliphatic carbocycles. The van der Waals surface area contributed by atoms with Gasteiger partial charge in [-0.05, 0) is 87.2 Å². The summed E-state index contributed by atoms with van der Waals surface area (Å²) >= 11 is 7.81. The Hall–Kier alpha value is -5.67. The van der Waals surface area contributed by atoms with Crippen molar-refractivity contribution in [1.82, 2.24) is 35.3 Å². The molecule has 0 fully saturated rings. The number of hydrogen-bond donors (Lipinski definition) is 6. The highest BCUT2D eigenvalue weighted by atomic mass is 79.9. The first-order valence-corrected chi connectivity index (χ1v) is 21.9. The Kier molecular flexibility index (Phi) is 14.6. The van der Waals surface area contributed by atoms with Crippen LogP contribution in [-0.2, 0) is 45.2 Å². The number of fused-ring (bicyclic) bond motifs is 4.